The van der Waals surface area contributed by atoms with Gasteiger partial charge in [-0.25, -0.2) is 0 Å². The normalized spacial score (nSPS) is 19.4. The lowest BCUT2D eigenvalue weighted by molar-refractivity contribution is -0.122. The smallest absolute Gasteiger partial charge is 0.236 e. The van der Waals surface area contributed by atoms with E-state index in [2.05, 4.69) is 11.4 Å². The van der Waals surface area contributed by atoms with Crippen LogP contribution in [0.25, 0.3) is 0 Å². The van der Waals surface area contributed by atoms with Crippen LogP contribution in [0.4, 0.5) is 0 Å². The molecule has 1 aliphatic heterocycles. The van der Waals surface area contributed by atoms with Gasteiger partial charge in [-0.3, -0.25) is 4.79 Å². The second-order valence-corrected chi connectivity index (χ2v) is 5.85. The maximum atomic E-state index is 11.7. The van der Waals surface area contributed by atoms with Gasteiger partial charge in [-0.2, -0.15) is 0 Å². The molecule has 3 N–H and O–H groups in total. The second-order valence-electron chi connectivity index (χ2n) is 5.41. The quantitative estimate of drug-likeness (QED) is 0.891. The Bertz CT molecular complexity index is 471. The molecule has 0 saturated carbocycles. The van der Waals surface area contributed by atoms with Crippen LogP contribution < -0.4 is 11.1 Å². The van der Waals surface area contributed by atoms with E-state index in [0.29, 0.717) is 24.8 Å². The minimum Gasteiger partial charge on any atom is -0.381 e. The summed E-state index contributed by atoms with van der Waals surface area (Å²) in [6, 6.07) is 7.35. The third-order valence-corrected chi connectivity index (χ3v) is 4.14. The molecule has 0 aromatic heterocycles. The number of ether oxygens (including phenoxy) is 1. The highest BCUT2D eigenvalue weighted by atomic mass is 35.5. The van der Waals surface area contributed by atoms with Crippen LogP contribution in [0.1, 0.15) is 25.3 Å². The number of halogens is 1. The summed E-state index contributed by atoms with van der Waals surface area (Å²) in [7, 11) is 0. The largest absolute Gasteiger partial charge is 0.381 e. The third-order valence-electron chi connectivity index (χ3n) is 3.90. The average molecular weight is 297 g/mol. The molecule has 1 fully saturated rings. The number of rotatable bonds is 4. The number of amides is 1. The SMILES string of the molecule is C[C@H](N)C(=O)NCC1(c2cccc(Cl)c2)CCOCC1. The summed E-state index contributed by atoms with van der Waals surface area (Å²) in [5.41, 5.74) is 6.63. The van der Waals surface area contributed by atoms with E-state index >= 15 is 0 Å². The van der Waals surface area contributed by atoms with Gasteiger partial charge in [-0.1, -0.05) is 23.7 Å². The molecule has 0 aliphatic carbocycles. The minimum absolute atomic E-state index is 0.117. The average Bonchev–Trinajstić information content (AvgIpc) is 2.45. The molecular weight excluding hydrogens is 276 g/mol. The Kier molecular flexibility index (Phi) is 5.02. The molecule has 1 amide bonds. The van der Waals surface area contributed by atoms with Crippen LogP contribution >= 0.6 is 11.6 Å². The Morgan fingerprint density at radius 3 is 2.80 bits per heavy atom. The van der Waals surface area contributed by atoms with E-state index in [1.807, 2.05) is 18.2 Å². The summed E-state index contributed by atoms with van der Waals surface area (Å²) in [4.78, 5) is 11.7. The Morgan fingerprint density at radius 2 is 2.20 bits per heavy atom. The van der Waals surface area contributed by atoms with Crippen molar-refractivity contribution < 1.29 is 9.53 Å². The van der Waals surface area contributed by atoms with Gasteiger partial charge in [-0.05, 0) is 37.5 Å². The van der Waals surface area contributed by atoms with Gasteiger partial charge in [0.15, 0.2) is 0 Å². The summed E-state index contributed by atoms with van der Waals surface area (Å²) in [5.74, 6) is -0.127. The van der Waals surface area contributed by atoms with Crippen LogP contribution in [0.3, 0.4) is 0 Å². The summed E-state index contributed by atoms with van der Waals surface area (Å²) in [6.45, 7) is 3.64. The molecular formula is C15H21ClN2O2. The summed E-state index contributed by atoms with van der Waals surface area (Å²) < 4.78 is 5.46. The Balaban J connectivity index is 2.19. The van der Waals surface area contributed by atoms with Gasteiger partial charge in [-0.15, -0.1) is 0 Å². The molecule has 1 aromatic rings. The molecule has 1 saturated heterocycles. The van der Waals surface area contributed by atoms with E-state index in [1.54, 1.807) is 6.92 Å². The van der Waals surface area contributed by atoms with Gasteiger partial charge in [0.25, 0.3) is 0 Å². The highest BCUT2D eigenvalue weighted by molar-refractivity contribution is 6.30. The van der Waals surface area contributed by atoms with Gasteiger partial charge in [0, 0.05) is 30.2 Å². The summed E-state index contributed by atoms with van der Waals surface area (Å²) in [5, 5.41) is 3.66. The Hall–Kier alpha value is -1.10. The van der Waals surface area contributed by atoms with Gasteiger partial charge in [0.05, 0.1) is 6.04 Å². The third kappa shape index (κ3) is 3.51. The van der Waals surface area contributed by atoms with Crippen LogP contribution in [-0.4, -0.2) is 31.7 Å². The van der Waals surface area contributed by atoms with Crippen molar-refractivity contribution in [3.8, 4) is 0 Å². The number of benzene rings is 1. The predicted octanol–water partition coefficient (Wildman–Crippen LogP) is 1.85. The fourth-order valence-corrected chi connectivity index (χ4v) is 2.76. The van der Waals surface area contributed by atoms with Gasteiger partial charge >= 0.3 is 0 Å². The van der Waals surface area contributed by atoms with Crippen molar-refractivity contribution in [2.45, 2.75) is 31.2 Å². The summed E-state index contributed by atoms with van der Waals surface area (Å²) >= 11 is 6.10. The molecule has 5 heteroatoms. The zero-order valence-corrected chi connectivity index (χ0v) is 12.5. The molecule has 110 valence electrons. The Morgan fingerprint density at radius 1 is 1.50 bits per heavy atom. The molecule has 1 atom stereocenters. The van der Waals surface area contributed by atoms with Gasteiger partial charge in [0.1, 0.15) is 0 Å². The first-order valence-electron chi connectivity index (χ1n) is 6.91. The monoisotopic (exact) mass is 296 g/mol. The van der Waals surface area contributed by atoms with E-state index < -0.39 is 6.04 Å². The minimum atomic E-state index is -0.494. The zero-order chi connectivity index (χ0) is 14.6. The molecule has 4 nitrogen and oxygen atoms in total. The molecule has 2 rings (SSSR count). The van der Waals surface area contributed by atoms with Crippen LogP contribution in [0.2, 0.25) is 5.02 Å². The van der Waals surface area contributed by atoms with Crippen LogP contribution in [-0.2, 0) is 14.9 Å². The standard InChI is InChI=1S/C15H21ClN2O2/c1-11(17)14(19)18-10-15(5-7-20-8-6-15)12-3-2-4-13(16)9-12/h2-4,9,11H,5-8,10,17H2,1H3,(H,18,19)/t11-/m0/s1. The maximum absolute atomic E-state index is 11.7. The van der Waals surface area contributed by atoms with E-state index in [0.717, 1.165) is 18.4 Å². The van der Waals surface area contributed by atoms with Crippen LogP contribution in [0, 0.1) is 0 Å². The number of nitrogens with two attached hydrogens (primary N) is 1. The molecule has 1 aliphatic rings. The zero-order valence-electron chi connectivity index (χ0n) is 11.7. The number of hydrogen-bond acceptors (Lipinski definition) is 3. The number of hydrogen-bond donors (Lipinski definition) is 2. The lowest BCUT2D eigenvalue weighted by Gasteiger charge is -2.38. The van der Waals surface area contributed by atoms with E-state index in [9.17, 15) is 4.79 Å². The highest BCUT2D eigenvalue weighted by Gasteiger charge is 2.35. The predicted molar refractivity (Wildman–Crippen MR) is 79.8 cm³/mol. The fourth-order valence-electron chi connectivity index (χ4n) is 2.57. The molecule has 0 radical (unpaired) electrons. The van der Waals surface area contributed by atoms with Crippen molar-refractivity contribution in [3.05, 3.63) is 34.9 Å². The van der Waals surface area contributed by atoms with Gasteiger partial charge in [0.2, 0.25) is 5.91 Å². The van der Waals surface area contributed by atoms with Crippen molar-refractivity contribution >= 4 is 17.5 Å². The first kappa shape index (κ1) is 15.3. The summed E-state index contributed by atoms with van der Waals surface area (Å²) in [6.07, 6.45) is 1.74. The fraction of sp³-hybridized carbons (Fsp3) is 0.533. The van der Waals surface area contributed by atoms with Crippen molar-refractivity contribution in [2.24, 2.45) is 5.73 Å². The lowest BCUT2D eigenvalue weighted by atomic mass is 9.74. The van der Waals surface area contributed by atoms with E-state index in [4.69, 9.17) is 22.1 Å². The number of carbonyl (C=O) groups excluding carboxylic acids is 1. The van der Waals surface area contributed by atoms with Gasteiger partial charge < -0.3 is 15.8 Å². The van der Waals surface area contributed by atoms with E-state index in [-0.39, 0.29) is 11.3 Å². The topological polar surface area (TPSA) is 64.4 Å². The van der Waals surface area contributed by atoms with Crippen molar-refractivity contribution in [1.82, 2.24) is 5.32 Å². The molecule has 0 unspecified atom stereocenters. The molecule has 20 heavy (non-hydrogen) atoms. The van der Waals surface area contributed by atoms with Crippen molar-refractivity contribution in [3.63, 3.8) is 0 Å². The van der Waals surface area contributed by atoms with Crippen molar-refractivity contribution in [2.75, 3.05) is 19.8 Å². The maximum Gasteiger partial charge on any atom is 0.236 e. The molecule has 1 heterocycles. The molecule has 0 spiro atoms. The first-order chi connectivity index (χ1) is 9.53. The highest BCUT2D eigenvalue weighted by Crippen LogP contribution is 2.35. The van der Waals surface area contributed by atoms with Crippen molar-refractivity contribution in [1.29, 1.82) is 0 Å². The molecule has 1 aromatic carbocycles. The first-order valence-corrected chi connectivity index (χ1v) is 7.28. The second kappa shape index (κ2) is 6.57. The Labute approximate surface area is 124 Å². The molecule has 0 bridgehead atoms. The number of nitrogens with one attached hydrogen (secondary N) is 1. The lowest BCUT2D eigenvalue weighted by Crippen LogP contribution is -2.48. The van der Waals surface area contributed by atoms with Crippen LogP contribution in [0.15, 0.2) is 24.3 Å². The van der Waals surface area contributed by atoms with Crippen LogP contribution in [0.5, 0.6) is 0 Å². The number of carbonyl (C=O) groups is 1. The van der Waals surface area contributed by atoms with E-state index in [1.165, 1.54) is 0 Å².